The Bertz CT molecular complexity index is 625. The molecular weight excluding hydrogens is 326 g/mol. The number of hydrogen-bond donors (Lipinski definition) is 2. The zero-order chi connectivity index (χ0) is 17.5. The standard InChI is InChI=1S/C17H21N3O3S/c1-2-3-4-7-10-18-17(24)19-14(21)11-20-15(22)12-8-5-6-9-13(12)16(20)23/h5-6,8-9H,2-4,7,10-11H2,1H3,(H2,18,19,21,24). The minimum absolute atomic E-state index is 0.216. The molecule has 0 radical (unpaired) electrons. The van der Waals surface area contributed by atoms with Crippen molar-refractivity contribution in [2.45, 2.75) is 32.6 Å². The summed E-state index contributed by atoms with van der Waals surface area (Å²) in [5.41, 5.74) is 0.652. The molecule has 0 saturated heterocycles. The lowest BCUT2D eigenvalue weighted by Gasteiger charge is -2.14. The fourth-order valence-electron chi connectivity index (χ4n) is 2.49. The molecule has 0 bridgehead atoms. The molecule has 1 aliphatic heterocycles. The van der Waals surface area contributed by atoms with E-state index in [0.29, 0.717) is 17.7 Å². The number of thiocarbonyl (C=S) groups is 1. The predicted octanol–water partition coefficient (Wildman–Crippen LogP) is 1.85. The normalized spacial score (nSPS) is 13.0. The third-order valence-electron chi connectivity index (χ3n) is 3.75. The number of benzene rings is 1. The Balaban J connectivity index is 1.80. The molecule has 1 aromatic carbocycles. The number of imide groups is 1. The molecule has 0 saturated carbocycles. The molecule has 3 amide bonds. The van der Waals surface area contributed by atoms with E-state index in [1.807, 2.05) is 0 Å². The van der Waals surface area contributed by atoms with Gasteiger partial charge in [0.05, 0.1) is 11.1 Å². The first-order valence-corrected chi connectivity index (χ1v) is 8.48. The number of carbonyl (C=O) groups is 3. The van der Waals surface area contributed by atoms with Gasteiger partial charge in [-0.05, 0) is 30.8 Å². The fraction of sp³-hybridized carbons (Fsp3) is 0.412. The number of carbonyl (C=O) groups excluding carboxylic acids is 3. The Kier molecular flexibility index (Phi) is 6.43. The molecule has 2 N–H and O–H groups in total. The van der Waals surface area contributed by atoms with Crippen LogP contribution in [-0.2, 0) is 4.79 Å². The van der Waals surface area contributed by atoms with Crippen LogP contribution >= 0.6 is 12.2 Å². The number of hydrogen-bond acceptors (Lipinski definition) is 4. The van der Waals surface area contributed by atoms with Crippen molar-refractivity contribution >= 4 is 35.1 Å². The highest BCUT2D eigenvalue weighted by Gasteiger charge is 2.36. The summed E-state index contributed by atoms with van der Waals surface area (Å²) in [7, 11) is 0. The van der Waals surface area contributed by atoms with Gasteiger partial charge in [0.1, 0.15) is 6.54 Å². The number of rotatable bonds is 7. The quantitative estimate of drug-likeness (QED) is 0.447. The van der Waals surface area contributed by atoms with Gasteiger partial charge in [0, 0.05) is 6.54 Å². The molecule has 0 spiro atoms. The minimum atomic E-state index is -0.490. The average molecular weight is 347 g/mol. The van der Waals surface area contributed by atoms with Gasteiger partial charge in [-0.3, -0.25) is 19.3 Å². The van der Waals surface area contributed by atoms with E-state index in [2.05, 4.69) is 17.6 Å². The van der Waals surface area contributed by atoms with E-state index in [-0.39, 0.29) is 11.7 Å². The van der Waals surface area contributed by atoms with Gasteiger partial charge in [0.2, 0.25) is 5.91 Å². The molecule has 128 valence electrons. The number of amides is 3. The van der Waals surface area contributed by atoms with Gasteiger partial charge in [0.15, 0.2) is 5.11 Å². The second-order valence-electron chi connectivity index (χ2n) is 5.61. The van der Waals surface area contributed by atoms with Crippen LogP contribution in [0.1, 0.15) is 53.3 Å². The summed E-state index contributed by atoms with van der Waals surface area (Å²) >= 11 is 5.05. The second-order valence-corrected chi connectivity index (χ2v) is 6.02. The molecule has 2 rings (SSSR count). The third kappa shape index (κ3) is 4.38. The van der Waals surface area contributed by atoms with E-state index in [4.69, 9.17) is 12.2 Å². The van der Waals surface area contributed by atoms with Gasteiger partial charge in [-0.25, -0.2) is 0 Å². The molecule has 24 heavy (non-hydrogen) atoms. The molecule has 0 atom stereocenters. The molecule has 1 aliphatic rings. The maximum atomic E-state index is 12.2. The summed E-state index contributed by atoms with van der Waals surface area (Å²) in [6.45, 7) is 2.48. The van der Waals surface area contributed by atoms with Gasteiger partial charge in [-0.2, -0.15) is 0 Å². The van der Waals surface area contributed by atoms with Crippen LogP contribution in [0.5, 0.6) is 0 Å². The van der Waals surface area contributed by atoms with E-state index in [9.17, 15) is 14.4 Å². The predicted molar refractivity (Wildman–Crippen MR) is 94.7 cm³/mol. The van der Waals surface area contributed by atoms with Crippen molar-refractivity contribution in [2.24, 2.45) is 0 Å². The number of nitrogens with zero attached hydrogens (tertiary/aromatic N) is 1. The first-order valence-electron chi connectivity index (χ1n) is 8.07. The van der Waals surface area contributed by atoms with Crippen molar-refractivity contribution in [3.05, 3.63) is 35.4 Å². The van der Waals surface area contributed by atoms with Crippen LogP contribution in [0.2, 0.25) is 0 Å². The summed E-state index contributed by atoms with van der Waals surface area (Å²) in [6.07, 6.45) is 4.40. The third-order valence-corrected chi connectivity index (χ3v) is 4.00. The van der Waals surface area contributed by atoms with Gasteiger partial charge >= 0.3 is 0 Å². The van der Waals surface area contributed by atoms with Crippen LogP contribution in [0.25, 0.3) is 0 Å². The molecule has 6 nitrogen and oxygen atoms in total. The summed E-state index contributed by atoms with van der Waals surface area (Å²) in [5.74, 6) is -1.40. The Labute approximate surface area is 146 Å². The smallest absolute Gasteiger partial charge is 0.262 e. The fourth-order valence-corrected chi connectivity index (χ4v) is 2.71. The van der Waals surface area contributed by atoms with E-state index in [1.165, 1.54) is 6.42 Å². The molecule has 0 aliphatic carbocycles. The van der Waals surface area contributed by atoms with E-state index in [1.54, 1.807) is 24.3 Å². The van der Waals surface area contributed by atoms with Crippen molar-refractivity contribution in [3.8, 4) is 0 Å². The zero-order valence-electron chi connectivity index (χ0n) is 13.6. The van der Waals surface area contributed by atoms with Crippen molar-refractivity contribution < 1.29 is 14.4 Å². The maximum absolute atomic E-state index is 12.2. The van der Waals surface area contributed by atoms with Crippen LogP contribution in [0.3, 0.4) is 0 Å². The summed E-state index contributed by atoms with van der Waals surface area (Å²) in [5, 5.41) is 5.66. The van der Waals surface area contributed by atoms with E-state index in [0.717, 1.165) is 24.2 Å². The molecule has 7 heteroatoms. The first-order chi connectivity index (χ1) is 11.5. The van der Waals surface area contributed by atoms with Crippen molar-refractivity contribution in [1.82, 2.24) is 15.5 Å². The number of nitrogens with one attached hydrogen (secondary N) is 2. The largest absolute Gasteiger partial charge is 0.362 e. The molecule has 1 aromatic rings. The second kappa shape index (κ2) is 8.54. The van der Waals surface area contributed by atoms with Gasteiger partial charge in [0.25, 0.3) is 11.8 Å². The van der Waals surface area contributed by atoms with E-state index >= 15 is 0 Å². The van der Waals surface area contributed by atoms with Gasteiger partial charge < -0.3 is 10.6 Å². The lowest BCUT2D eigenvalue weighted by atomic mass is 10.1. The first kappa shape index (κ1) is 18.1. The Morgan fingerprint density at radius 1 is 1.08 bits per heavy atom. The summed E-state index contributed by atoms with van der Waals surface area (Å²) in [4.78, 5) is 37.3. The zero-order valence-corrected chi connectivity index (χ0v) is 14.4. The topological polar surface area (TPSA) is 78.5 Å². The van der Waals surface area contributed by atoms with Gasteiger partial charge in [-0.1, -0.05) is 38.3 Å². The highest BCUT2D eigenvalue weighted by Crippen LogP contribution is 2.21. The lowest BCUT2D eigenvalue weighted by molar-refractivity contribution is -0.120. The average Bonchev–Trinajstić information content (AvgIpc) is 2.80. The molecule has 0 fully saturated rings. The van der Waals surface area contributed by atoms with E-state index < -0.39 is 17.7 Å². The minimum Gasteiger partial charge on any atom is -0.362 e. The molecule has 0 unspecified atom stereocenters. The Hall–Kier alpha value is -2.28. The van der Waals surface area contributed by atoms with Crippen molar-refractivity contribution in [3.63, 3.8) is 0 Å². The van der Waals surface area contributed by atoms with Crippen LogP contribution < -0.4 is 10.6 Å². The van der Waals surface area contributed by atoms with Crippen molar-refractivity contribution in [2.75, 3.05) is 13.1 Å². The van der Waals surface area contributed by atoms with Crippen LogP contribution in [0, 0.1) is 0 Å². The number of fused-ring (bicyclic) bond motifs is 1. The maximum Gasteiger partial charge on any atom is 0.262 e. The van der Waals surface area contributed by atoms with Crippen LogP contribution in [-0.4, -0.2) is 40.8 Å². The molecule has 1 heterocycles. The monoisotopic (exact) mass is 347 g/mol. The lowest BCUT2D eigenvalue weighted by Crippen LogP contribution is -2.46. The van der Waals surface area contributed by atoms with Crippen LogP contribution in [0.15, 0.2) is 24.3 Å². The Morgan fingerprint density at radius 3 is 2.29 bits per heavy atom. The summed E-state index contributed by atoms with van der Waals surface area (Å²) in [6, 6.07) is 6.53. The van der Waals surface area contributed by atoms with Crippen molar-refractivity contribution in [1.29, 1.82) is 0 Å². The summed E-state index contributed by atoms with van der Waals surface area (Å²) < 4.78 is 0. The van der Waals surface area contributed by atoms with Crippen LogP contribution in [0.4, 0.5) is 0 Å². The number of unbranched alkanes of at least 4 members (excludes halogenated alkanes) is 3. The highest BCUT2D eigenvalue weighted by atomic mass is 32.1. The molecule has 0 aromatic heterocycles. The highest BCUT2D eigenvalue weighted by molar-refractivity contribution is 7.80. The SMILES string of the molecule is CCCCCCNC(=S)NC(=O)CN1C(=O)c2ccccc2C1=O. The Morgan fingerprint density at radius 2 is 1.71 bits per heavy atom. The van der Waals surface area contributed by atoms with Gasteiger partial charge in [-0.15, -0.1) is 0 Å². The molecular formula is C17H21N3O3S.